The van der Waals surface area contributed by atoms with Gasteiger partial charge in [-0.05, 0) is 31.2 Å². The largest absolute Gasteiger partial charge is 0.351 e. The first-order valence-corrected chi connectivity index (χ1v) is 7.81. The van der Waals surface area contributed by atoms with Gasteiger partial charge in [0.05, 0.1) is 10.9 Å². The number of benzene rings is 1. The molecule has 1 aromatic rings. The van der Waals surface area contributed by atoms with Gasteiger partial charge in [-0.2, -0.15) is 4.72 Å². The second-order valence-corrected chi connectivity index (χ2v) is 6.46. The van der Waals surface area contributed by atoms with Crippen molar-refractivity contribution in [1.82, 2.24) is 10.0 Å². The van der Waals surface area contributed by atoms with Crippen LogP contribution in [0.1, 0.15) is 6.92 Å². The molecule has 2 N–H and O–H groups in total. The summed E-state index contributed by atoms with van der Waals surface area (Å²) in [5.74, 6) is -0.402. The standard InChI is InChI=1S/C12H15BrN2O3S/c1-3-8-14-12(16)9(2)15-19(17,18)11-6-4-10(13)5-7-11/h3-7,9,15H,1,8H2,2H3,(H,14,16)/t9-/m0/s1. The molecule has 0 unspecified atom stereocenters. The van der Waals surface area contributed by atoms with Gasteiger partial charge in [0, 0.05) is 11.0 Å². The molecule has 0 saturated heterocycles. The number of hydrogen-bond donors (Lipinski definition) is 2. The number of rotatable bonds is 6. The molecule has 1 aromatic carbocycles. The van der Waals surface area contributed by atoms with Crippen LogP contribution in [0, 0.1) is 0 Å². The van der Waals surface area contributed by atoms with E-state index in [9.17, 15) is 13.2 Å². The van der Waals surface area contributed by atoms with Crippen molar-refractivity contribution in [2.45, 2.75) is 17.9 Å². The highest BCUT2D eigenvalue weighted by Crippen LogP contribution is 2.14. The summed E-state index contributed by atoms with van der Waals surface area (Å²) in [7, 11) is -3.70. The van der Waals surface area contributed by atoms with Crippen LogP contribution in [0.15, 0.2) is 46.3 Å². The maximum absolute atomic E-state index is 12.0. The Balaban J connectivity index is 2.76. The fraction of sp³-hybridized carbons (Fsp3) is 0.250. The summed E-state index contributed by atoms with van der Waals surface area (Å²) in [5.41, 5.74) is 0. The van der Waals surface area contributed by atoms with Crippen LogP contribution < -0.4 is 10.0 Å². The van der Waals surface area contributed by atoms with Crippen molar-refractivity contribution in [3.8, 4) is 0 Å². The SMILES string of the molecule is C=CCNC(=O)[C@H](C)NS(=O)(=O)c1ccc(Br)cc1. The van der Waals surface area contributed by atoms with Crippen molar-refractivity contribution in [2.75, 3.05) is 6.54 Å². The third-order valence-corrected chi connectivity index (χ3v) is 4.36. The van der Waals surface area contributed by atoms with Gasteiger partial charge in [0.2, 0.25) is 15.9 Å². The highest BCUT2D eigenvalue weighted by atomic mass is 79.9. The van der Waals surface area contributed by atoms with Crippen molar-refractivity contribution in [1.29, 1.82) is 0 Å². The molecule has 104 valence electrons. The zero-order valence-electron chi connectivity index (χ0n) is 10.4. The number of carbonyl (C=O) groups is 1. The fourth-order valence-corrected chi connectivity index (χ4v) is 2.76. The topological polar surface area (TPSA) is 75.3 Å². The first kappa shape index (κ1) is 15.9. The van der Waals surface area contributed by atoms with E-state index in [0.717, 1.165) is 4.47 Å². The lowest BCUT2D eigenvalue weighted by molar-refractivity contribution is -0.122. The summed E-state index contributed by atoms with van der Waals surface area (Å²) in [5, 5.41) is 2.52. The molecular formula is C12H15BrN2O3S. The molecule has 1 rings (SSSR count). The second-order valence-electron chi connectivity index (χ2n) is 3.83. The number of sulfonamides is 1. The molecule has 0 spiro atoms. The Hall–Kier alpha value is -1.18. The van der Waals surface area contributed by atoms with Crippen molar-refractivity contribution in [2.24, 2.45) is 0 Å². The van der Waals surface area contributed by atoms with Crippen LogP contribution in [0.2, 0.25) is 0 Å². The van der Waals surface area contributed by atoms with E-state index in [1.165, 1.54) is 25.1 Å². The first-order chi connectivity index (χ1) is 8.86. The number of halogens is 1. The van der Waals surface area contributed by atoms with Crippen LogP contribution >= 0.6 is 15.9 Å². The van der Waals surface area contributed by atoms with Gasteiger partial charge in [-0.15, -0.1) is 6.58 Å². The van der Waals surface area contributed by atoms with E-state index in [0.29, 0.717) is 6.54 Å². The molecule has 0 fully saturated rings. The van der Waals surface area contributed by atoms with E-state index in [2.05, 4.69) is 32.5 Å². The number of carbonyl (C=O) groups excluding carboxylic acids is 1. The molecule has 0 saturated carbocycles. The first-order valence-electron chi connectivity index (χ1n) is 5.53. The van der Waals surface area contributed by atoms with Gasteiger partial charge < -0.3 is 5.32 Å². The number of nitrogens with one attached hydrogen (secondary N) is 2. The summed E-state index contributed by atoms with van der Waals surface area (Å²) in [6, 6.07) is 5.31. The summed E-state index contributed by atoms with van der Waals surface area (Å²) in [6.07, 6.45) is 1.52. The van der Waals surface area contributed by atoms with Gasteiger partial charge in [0.1, 0.15) is 0 Å². The van der Waals surface area contributed by atoms with Crippen molar-refractivity contribution < 1.29 is 13.2 Å². The predicted octanol–water partition coefficient (Wildman–Crippen LogP) is 1.42. The smallest absolute Gasteiger partial charge is 0.241 e. The van der Waals surface area contributed by atoms with Crippen LogP contribution in [0.3, 0.4) is 0 Å². The van der Waals surface area contributed by atoms with Crippen LogP contribution in [0.4, 0.5) is 0 Å². The molecule has 5 nitrogen and oxygen atoms in total. The fourth-order valence-electron chi connectivity index (χ4n) is 1.29. The molecule has 0 aliphatic carbocycles. The number of hydrogen-bond acceptors (Lipinski definition) is 3. The summed E-state index contributed by atoms with van der Waals surface area (Å²) >= 11 is 3.23. The van der Waals surface area contributed by atoms with Crippen molar-refractivity contribution in [3.05, 3.63) is 41.4 Å². The van der Waals surface area contributed by atoms with Crippen LogP contribution in [0.25, 0.3) is 0 Å². The summed E-state index contributed by atoms with van der Waals surface area (Å²) < 4.78 is 27.1. The van der Waals surface area contributed by atoms with Gasteiger partial charge in [0.15, 0.2) is 0 Å². The monoisotopic (exact) mass is 346 g/mol. The summed E-state index contributed by atoms with van der Waals surface area (Å²) in [6.45, 7) is 5.24. The van der Waals surface area contributed by atoms with Crippen LogP contribution in [-0.4, -0.2) is 26.9 Å². The Morgan fingerprint density at radius 1 is 1.42 bits per heavy atom. The lowest BCUT2D eigenvalue weighted by atomic mass is 10.3. The normalized spacial score (nSPS) is 12.7. The Bertz CT molecular complexity index is 555. The van der Waals surface area contributed by atoms with Crippen molar-refractivity contribution >= 4 is 31.9 Å². The average molecular weight is 347 g/mol. The zero-order chi connectivity index (χ0) is 14.5. The maximum atomic E-state index is 12.0. The molecular weight excluding hydrogens is 332 g/mol. The van der Waals surface area contributed by atoms with E-state index < -0.39 is 22.0 Å². The highest BCUT2D eigenvalue weighted by molar-refractivity contribution is 9.10. The van der Waals surface area contributed by atoms with Crippen LogP contribution in [-0.2, 0) is 14.8 Å². The molecule has 1 amide bonds. The summed E-state index contributed by atoms with van der Waals surface area (Å²) in [4.78, 5) is 11.7. The van der Waals surface area contributed by atoms with Gasteiger partial charge in [-0.1, -0.05) is 22.0 Å². The molecule has 0 aliphatic heterocycles. The van der Waals surface area contributed by atoms with Gasteiger partial charge >= 0.3 is 0 Å². The lowest BCUT2D eigenvalue weighted by Gasteiger charge is -2.13. The minimum atomic E-state index is -3.70. The van der Waals surface area contributed by atoms with E-state index in [-0.39, 0.29) is 4.90 Å². The van der Waals surface area contributed by atoms with Crippen molar-refractivity contribution in [3.63, 3.8) is 0 Å². The second kappa shape index (κ2) is 6.83. The van der Waals surface area contributed by atoms with Crippen LogP contribution in [0.5, 0.6) is 0 Å². The Morgan fingerprint density at radius 3 is 2.53 bits per heavy atom. The molecule has 0 aliphatic rings. The Kier molecular flexibility index (Phi) is 5.71. The molecule has 0 bridgehead atoms. The predicted molar refractivity (Wildman–Crippen MR) is 77.1 cm³/mol. The van der Waals surface area contributed by atoms with E-state index in [4.69, 9.17) is 0 Å². The zero-order valence-corrected chi connectivity index (χ0v) is 12.8. The minimum Gasteiger partial charge on any atom is -0.351 e. The molecule has 0 radical (unpaired) electrons. The quantitative estimate of drug-likeness (QED) is 0.765. The number of amides is 1. The Labute approximate surface area is 121 Å². The minimum absolute atomic E-state index is 0.110. The van der Waals surface area contributed by atoms with Gasteiger partial charge in [0.25, 0.3) is 0 Å². The molecule has 19 heavy (non-hydrogen) atoms. The van der Waals surface area contributed by atoms with E-state index in [1.54, 1.807) is 12.1 Å². The highest BCUT2D eigenvalue weighted by Gasteiger charge is 2.21. The maximum Gasteiger partial charge on any atom is 0.241 e. The third kappa shape index (κ3) is 4.77. The third-order valence-electron chi connectivity index (χ3n) is 2.27. The van der Waals surface area contributed by atoms with Gasteiger partial charge in [-0.25, -0.2) is 8.42 Å². The van der Waals surface area contributed by atoms with Gasteiger partial charge in [-0.3, -0.25) is 4.79 Å². The molecule has 1 atom stereocenters. The molecule has 0 aromatic heterocycles. The van der Waals surface area contributed by atoms with E-state index in [1.807, 2.05) is 0 Å². The molecule has 0 heterocycles. The average Bonchev–Trinajstić information content (AvgIpc) is 2.35. The van der Waals surface area contributed by atoms with E-state index >= 15 is 0 Å². The lowest BCUT2D eigenvalue weighted by Crippen LogP contribution is -2.44. The molecule has 7 heteroatoms. The Morgan fingerprint density at radius 2 is 2.00 bits per heavy atom.